The number of amides is 1. The van der Waals surface area contributed by atoms with Crippen molar-refractivity contribution in [2.75, 3.05) is 6.54 Å². The van der Waals surface area contributed by atoms with Crippen molar-refractivity contribution in [2.45, 2.75) is 20.0 Å². The van der Waals surface area contributed by atoms with E-state index < -0.39 is 12.1 Å². The molecule has 1 aromatic carbocycles. The monoisotopic (exact) mass is 295 g/mol. The fraction of sp³-hybridized carbons (Fsp3) is 0.286. The van der Waals surface area contributed by atoms with E-state index in [1.54, 1.807) is 19.1 Å². The van der Waals surface area contributed by atoms with Gasteiger partial charge in [-0.15, -0.1) is 11.3 Å². The van der Waals surface area contributed by atoms with Crippen LogP contribution in [0.15, 0.2) is 24.3 Å². The molecule has 0 fully saturated rings. The van der Waals surface area contributed by atoms with Crippen LogP contribution in [0, 0.1) is 5.82 Å². The third-order valence-corrected chi connectivity index (χ3v) is 3.78. The van der Waals surface area contributed by atoms with E-state index in [0.717, 1.165) is 4.70 Å². The van der Waals surface area contributed by atoms with E-state index in [1.807, 2.05) is 0 Å². The SMILES string of the molecule is CCNC(=O)[C@@H](C)OC(=O)c1cc2cc(F)ccc2s1. The first-order valence-electron chi connectivity index (χ1n) is 6.19. The van der Waals surface area contributed by atoms with E-state index in [9.17, 15) is 14.0 Å². The highest BCUT2D eigenvalue weighted by molar-refractivity contribution is 7.20. The minimum atomic E-state index is -0.857. The second-order valence-corrected chi connectivity index (χ2v) is 5.32. The normalized spacial score (nSPS) is 12.2. The van der Waals surface area contributed by atoms with Gasteiger partial charge in [-0.25, -0.2) is 9.18 Å². The van der Waals surface area contributed by atoms with Crippen LogP contribution in [0.5, 0.6) is 0 Å². The first-order chi connectivity index (χ1) is 9.51. The Morgan fingerprint density at radius 2 is 2.15 bits per heavy atom. The number of hydrogen-bond donors (Lipinski definition) is 1. The van der Waals surface area contributed by atoms with Gasteiger partial charge in [0.1, 0.15) is 10.7 Å². The number of ether oxygens (including phenoxy) is 1. The highest BCUT2D eigenvalue weighted by Crippen LogP contribution is 2.27. The molecule has 0 saturated carbocycles. The summed E-state index contributed by atoms with van der Waals surface area (Å²) >= 11 is 1.21. The maximum absolute atomic E-state index is 13.1. The molecule has 0 spiro atoms. The number of thiophene rings is 1. The lowest BCUT2D eigenvalue weighted by Gasteiger charge is -2.11. The van der Waals surface area contributed by atoms with Gasteiger partial charge in [-0.2, -0.15) is 0 Å². The fourth-order valence-corrected chi connectivity index (χ4v) is 2.63. The fourth-order valence-electron chi connectivity index (χ4n) is 1.70. The van der Waals surface area contributed by atoms with Crippen molar-refractivity contribution in [1.82, 2.24) is 5.32 Å². The topological polar surface area (TPSA) is 55.4 Å². The molecule has 20 heavy (non-hydrogen) atoms. The van der Waals surface area contributed by atoms with Crippen molar-refractivity contribution in [1.29, 1.82) is 0 Å². The molecule has 1 heterocycles. The Hall–Kier alpha value is -1.95. The maximum atomic E-state index is 13.1. The summed E-state index contributed by atoms with van der Waals surface area (Å²) in [6.07, 6.45) is -0.857. The van der Waals surface area contributed by atoms with E-state index in [0.29, 0.717) is 16.8 Å². The molecule has 0 radical (unpaired) electrons. The first kappa shape index (κ1) is 14.5. The number of rotatable bonds is 4. The summed E-state index contributed by atoms with van der Waals surface area (Å²) in [6, 6.07) is 5.87. The highest BCUT2D eigenvalue weighted by Gasteiger charge is 2.19. The van der Waals surface area contributed by atoms with Crippen LogP contribution < -0.4 is 5.32 Å². The smallest absolute Gasteiger partial charge is 0.349 e. The van der Waals surface area contributed by atoms with Crippen LogP contribution in [0.1, 0.15) is 23.5 Å². The number of benzene rings is 1. The zero-order chi connectivity index (χ0) is 14.7. The molecule has 4 nitrogen and oxygen atoms in total. The Morgan fingerprint density at radius 3 is 2.85 bits per heavy atom. The van der Waals surface area contributed by atoms with Gasteiger partial charge in [0.15, 0.2) is 6.10 Å². The van der Waals surface area contributed by atoms with Gasteiger partial charge >= 0.3 is 5.97 Å². The van der Waals surface area contributed by atoms with E-state index in [-0.39, 0.29) is 11.7 Å². The molecule has 0 unspecified atom stereocenters. The summed E-state index contributed by atoms with van der Waals surface area (Å²) in [5.41, 5.74) is 0. The number of carbonyl (C=O) groups is 2. The molecule has 2 aromatic rings. The lowest BCUT2D eigenvalue weighted by atomic mass is 10.2. The molecular formula is C14H14FNO3S. The number of likely N-dealkylation sites (N-methyl/N-ethyl adjacent to an activating group) is 1. The van der Waals surface area contributed by atoms with Gasteiger partial charge in [0.05, 0.1) is 0 Å². The van der Waals surface area contributed by atoms with Crippen molar-refractivity contribution < 1.29 is 18.7 Å². The molecule has 6 heteroatoms. The second-order valence-electron chi connectivity index (χ2n) is 4.23. The van der Waals surface area contributed by atoms with Crippen LogP contribution in [-0.4, -0.2) is 24.5 Å². The van der Waals surface area contributed by atoms with Crippen LogP contribution in [0.25, 0.3) is 10.1 Å². The molecule has 1 atom stereocenters. The van der Waals surface area contributed by atoms with E-state index in [4.69, 9.17) is 4.74 Å². The molecular weight excluding hydrogens is 281 g/mol. The Bertz CT molecular complexity index is 653. The second kappa shape index (κ2) is 6.00. The molecule has 0 saturated heterocycles. The molecule has 1 aromatic heterocycles. The van der Waals surface area contributed by atoms with Gasteiger partial charge in [-0.05, 0) is 43.5 Å². The van der Waals surface area contributed by atoms with Gasteiger partial charge in [0.25, 0.3) is 5.91 Å². The molecule has 2 rings (SSSR count). The first-order valence-corrected chi connectivity index (χ1v) is 7.00. The minimum absolute atomic E-state index is 0.340. The summed E-state index contributed by atoms with van der Waals surface area (Å²) in [5, 5.41) is 3.22. The molecule has 0 aliphatic carbocycles. The van der Waals surface area contributed by atoms with Crippen molar-refractivity contribution in [3.8, 4) is 0 Å². The zero-order valence-corrected chi connectivity index (χ0v) is 11.9. The summed E-state index contributed by atoms with van der Waals surface area (Å²) in [6.45, 7) is 3.77. The Morgan fingerprint density at radius 1 is 1.40 bits per heavy atom. The van der Waals surface area contributed by atoms with E-state index in [2.05, 4.69) is 5.32 Å². The molecule has 0 aliphatic heterocycles. The Balaban J connectivity index is 2.13. The van der Waals surface area contributed by atoms with Crippen LogP contribution in [0.4, 0.5) is 4.39 Å². The Kier molecular flexibility index (Phi) is 4.34. The van der Waals surface area contributed by atoms with Gasteiger partial charge in [0, 0.05) is 11.2 Å². The van der Waals surface area contributed by atoms with Crippen LogP contribution in [0.3, 0.4) is 0 Å². The average molecular weight is 295 g/mol. The number of halogens is 1. The van der Waals surface area contributed by atoms with Crippen molar-refractivity contribution in [2.24, 2.45) is 0 Å². The highest BCUT2D eigenvalue weighted by atomic mass is 32.1. The summed E-state index contributed by atoms with van der Waals surface area (Å²) in [4.78, 5) is 23.8. The van der Waals surface area contributed by atoms with Crippen LogP contribution in [0.2, 0.25) is 0 Å². The molecule has 1 amide bonds. The number of carbonyl (C=O) groups excluding carboxylic acids is 2. The summed E-state index contributed by atoms with van der Waals surface area (Å²) in [5.74, 6) is -1.27. The predicted molar refractivity (Wildman–Crippen MR) is 75.3 cm³/mol. The van der Waals surface area contributed by atoms with Gasteiger partial charge < -0.3 is 10.1 Å². The lowest BCUT2D eigenvalue weighted by Crippen LogP contribution is -2.35. The summed E-state index contributed by atoms with van der Waals surface area (Å²) < 4.78 is 19.0. The van der Waals surface area contributed by atoms with E-state index >= 15 is 0 Å². The van der Waals surface area contributed by atoms with Crippen molar-refractivity contribution in [3.63, 3.8) is 0 Å². The largest absolute Gasteiger partial charge is 0.448 e. The minimum Gasteiger partial charge on any atom is -0.448 e. The van der Waals surface area contributed by atoms with Crippen molar-refractivity contribution >= 4 is 33.3 Å². The van der Waals surface area contributed by atoms with Gasteiger partial charge in [-0.1, -0.05) is 0 Å². The predicted octanol–water partition coefficient (Wildman–Crippen LogP) is 2.72. The summed E-state index contributed by atoms with van der Waals surface area (Å²) in [7, 11) is 0. The quantitative estimate of drug-likeness (QED) is 0.882. The number of esters is 1. The van der Waals surface area contributed by atoms with Gasteiger partial charge in [0.2, 0.25) is 0 Å². The van der Waals surface area contributed by atoms with Crippen LogP contribution in [-0.2, 0) is 9.53 Å². The maximum Gasteiger partial charge on any atom is 0.349 e. The van der Waals surface area contributed by atoms with E-state index in [1.165, 1.54) is 30.4 Å². The molecule has 0 bridgehead atoms. The number of nitrogens with one attached hydrogen (secondary N) is 1. The average Bonchev–Trinajstić information content (AvgIpc) is 2.81. The Labute approximate surface area is 119 Å². The van der Waals surface area contributed by atoms with Crippen LogP contribution >= 0.6 is 11.3 Å². The number of fused-ring (bicyclic) bond motifs is 1. The molecule has 106 valence electrons. The standard InChI is InChI=1S/C14H14FNO3S/c1-3-16-13(17)8(2)19-14(18)12-7-9-6-10(15)4-5-11(9)20-12/h4-8H,3H2,1-2H3,(H,16,17)/t8-/m1/s1. The van der Waals surface area contributed by atoms with Gasteiger partial charge in [-0.3, -0.25) is 4.79 Å². The third-order valence-electron chi connectivity index (χ3n) is 2.68. The lowest BCUT2D eigenvalue weighted by molar-refractivity contribution is -0.128. The molecule has 1 N–H and O–H groups in total. The third kappa shape index (κ3) is 3.14. The van der Waals surface area contributed by atoms with Crippen molar-refractivity contribution in [3.05, 3.63) is 35.0 Å². The zero-order valence-electron chi connectivity index (χ0n) is 11.1. The number of hydrogen-bond acceptors (Lipinski definition) is 4. The molecule has 0 aliphatic rings.